The third-order valence-electron chi connectivity index (χ3n) is 1.72. The van der Waals surface area contributed by atoms with E-state index in [4.69, 9.17) is 9.84 Å². The van der Waals surface area contributed by atoms with Crippen LogP contribution >= 0.6 is 0 Å². The zero-order valence-electron chi connectivity index (χ0n) is 9.00. The van der Waals surface area contributed by atoms with Crippen molar-refractivity contribution in [2.45, 2.75) is 6.92 Å². The number of hydrogen-bond acceptors (Lipinski definition) is 5. The minimum absolute atomic E-state index is 0.0421. The van der Waals surface area contributed by atoms with Crippen LogP contribution in [-0.2, 0) is 14.3 Å². The van der Waals surface area contributed by atoms with E-state index in [1.807, 2.05) is 0 Å². The SMILES string of the molecule is CC(=O)OC(=O)COc1ccccc1C(=O)O. The van der Waals surface area contributed by atoms with Crippen LogP contribution in [0.1, 0.15) is 17.3 Å². The summed E-state index contributed by atoms with van der Waals surface area (Å²) in [6.07, 6.45) is 0. The van der Waals surface area contributed by atoms with Gasteiger partial charge in [-0.05, 0) is 12.1 Å². The Morgan fingerprint density at radius 2 is 1.88 bits per heavy atom. The minimum atomic E-state index is -1.17. The zero-order chi connectivity index (χ0) is 12.8. The summed E-state index contributed by atoms with van der Waals surface area (Å²) in [4.78, 5) is 32.2. The molecule has 1 rings (SSSR count). The molecule has 1 N–H and O–H groups in total. The van der Waals surface area contributed by atoms with Crippen LogP contribution in [0.15, 0.2) is 24.3 Å². The van der Waals surface area contributed by atoms with Gasteiger partial charge in [-0.2, -0.15) is 0 Å². The summed E-state index contributed by atoms with van der Waals surface area (Å²) in [5, 5.41) is 8.83. The average molecular weight is 238 g/mol. The molecule has 6 nitrogen and oxygen atoms in total. The van der Waals surface area contributed by atoms with Gasteiger partial charge in [0.15, 0.2) is 6.61 Å². The molecule has 0 fully saturated rings. The van der Waals surface area contributed by atoms with Crippen molar-refractivity contribution < 1.29 is 29.0 Å². The van der Waals surface area contributed by atoms with E-state index < -0.39 is 24.5 Å². The molecule has 17 heavy (non-hydrogen) atoms. The van der Waals surface area contributed by atoms with Gasteiger partial charge in [-0.15, -0.1) is 0 Å². The number of carboxylic acids is 1. The van der Waals surface area contributed by atoms with E-state index in [0.717, 1.165) is 6.92 Å². The van der Waals surface area contributed by atoms with Gasteiger partial charge in [0.1, 0.15) is 11.3 Å². The molecule has 1 aromatic carbocycles. The Kier molecular flexibility index (Phi) is 4.21. The summed E-state index contributed by atoms with van der Waals surface area (Å²) in [5.74, 6) is -2.75. The molecule has 0 amide bonds. The van der Waals surface area contributed by atoms with Crippen molar-refractivity contribution in [1.82, 2.24) is 0 Å². The van der Waals surface area contributed by atoms with Crippen LogP contribution < -0.4 is 4.74 Å². The summed E-state index contributed by atoms with van der Waals surface area (Å²) in [5.41, 5.74) is -0.0666. The molecule has 0 saturated carbocycles. The first-order chi connectivity index (χ1) is 8.00. The maximum absolute atomic E-state index is 11.0. The van der Waals surface area contributed by atoms with E-state index in [0.29, 0.717) is 0 Å². The summed E-state index contributed by atoms with van der Waals surface area (Å²) in [6, 6.07) is 5.85. The van der Waals surface area contributed by atoms with Crippen molar-refractivity contribution in [3.8, 4) is 5.75 Å². The summed E-state index contributed by atoms with van der Waals surface area (Å²) in [7, 11) is 0. The number of hydrogen-bond donors (Lipinski definition) is 1. The van der Waals surface area contributed by atoms with Gasteiger partial charge in [0.2, 0.25) is 0 Å². The summed E-state index contributed by atoms with van der Waals surface area (Å²) >= 11 is 0. The molecule has 0 aliphatic carbocycles. The first-order valence-electron chi connectivity index (χ1n) is 4.67. The van der Waals surface area contributed by atoms with Crippen molar-refractivity contribution in [3.05, 3.63) is 29.8 Å². The lowest BCUT2D eigenvalue weighted by Crippen LogP contribution is -2.18. The molecule has 1 aromatic rings. The number of benzene rings is 1. The van der Waals surface area contributed by atoms with Crippen molar-refractivity contribution in [2.75, 3.05) is 6.61 Å². The van der Waals surface area contributed by atoms with Crippen LogP contribution in [0.2, 0.25) is 0 Å². The molecule has 0 spiro atoms. The van der Waals surface area contributed by atoms with E-state index in [1.54, 1.807) is 6.07 Å². The van der Waals surface area contributed by atoms with Gasteiger partial charge in [0.25, 0.3) is 0 Å². The topological polar surface area (TPSA) is 89.9 Å². The van der Waals surface area contributed by atoms with Gasteiger partial charge in [0.05, 0.1) is 0 Å². The van der Waals surface area contributed by atoms with Gasteiger partial charge < -0.3 is 14.6 Å². The fourth-order valence-electron chi connectivity index (χ4n) is 1.10. The van der Waals surface area contributed by atoms with E-state index in [1.165, 1.54) is 18.2 Å². The molecule has 0 heterocycles. The maximum atomic E-state index is 11.0. The third kappa shape index (κ3) is 3.94. The lowest BCUT2D eigenvalue weighted by Gasteiger charge is -2.07. The van der Waals surface area contributed by atoms with E-state index in [2.05, 4.69) is 4.74 Å². The van der Waals surface area contributed by atoms with E-state index in [-0.39, 0.29) is 11.3 Å². The highest BCUT2D eigenvalue weighted by atomic mass is 16.6. The fraction of sp³-hybridized carbons (Fsp3) is 0.182. The van der Waals surface area contributed by atoms with E-state index >= 15 is 0 Å². The van der Waals surface area contributed by atoms with Crippen LogP contribution in [0.25, 0.3) is 0 Å². The van der Waals surface area contributed by atoms with Gasteiger partial charge in [-0.3, -0.25) is 4.79 Å². The van der Waals surface area contributed by atoms with E-state index in [9.17, 15) is 14.4 Å². The molecule has 0 aromatic heterocycles. The van der Waals surface area contributed by atoms with Crippen molar-refractivity contribution >= 4 is 17.9 Å². The number of carbonyl (C=O) groups is 3. The third-order valence-corrected chi connectivity index (χ3v) is 1.72. The van der Waals surface area contributed by atoms with Crippen molar-refractivity contribution in [2.24, 2.45) is 0 Å². The molecular weight excluding hydrogens is 228 g/mol. The van der Waals surface area contributed by atoms with Gasteiger partial charge in [0, 0.05) is 6.92 Å². The maximum Gasteiger partial charge on any atom is 0.351 e. The van der Waals surface area contributed by atoms with Crippen LogP contribution in [0.5, 0.6) is 5.75 Å². The first kappa shape index (κ1) is 12.7. The van der Waals surface area contributed by atoms with Crippen molar-refractivity contribution in [1.29, 1.82) is 0 Å². The Hall–Kier alpha value is -2.37. The lowest BCUT2D eigenvalue weighted by atomic mass is 10.2. The molecule has 0 atom stereocenters. The number of esters is 2. The number of carboxylic acid groups (broad SMARTS) is 1. The predicted molar refractivity (Wildman–Crippen MR) is 55.7 cm³/mol. The molecule has 0 unspecified atom stereocenters. The average Bonchev–Trinajstić information content (AvgIpc) is 2.25. The first-order valence-corrected chi connectivity index (χ1v) is 4.67. The van der Waals surface area contributed by atoms with Gasteiger partial charge in [-0.25, -0.2) is 9.59 Å². The Balaban J connectivity index is 2.66. The fourth-order valence-corrected chi connectivity index (χ4v) is 1.10. The summed E-state index contributed by atoms with van der Waals surface area (Å²) in [6.45, 7) is 0.562. The molecule has 90 valence electrons. The molecule has 6 heteroatoms. The smallest absolute Gasteiger partial charge is 0.351 e. The highest BCUT2D eigenvalue weighted by molar-refractivity contribution is 5.91. The highest BCUT2D eigenvalue weighted by Crippen LogP contribution is 2.17. The standard InChI is InChI=1S/C11H10O6/c1-7(12)17-10(13)6-16-9-5-3-2-4-8(9)11(14)15/h2-5H,6H2,1H3,(H,14,15). The Morgan fingerprint density at radius 1 is 1.24 bits per heavy atom. The summed E-state index contributed by atoms with van der Waals surface area (Å²) < 4.78 is 9.18. The highest BCUT2D eigenvalue weighted by Gasteiger charge is 2.12. The van der Waals surface area contributed by atoms with Crippen LogP contribution in [0.3, 0.4) is 0 Å². The van der Waals surface area contributed by atoms with Gasteiger partial charge >= 0.3 is 17.9 Å². The lowest BCUT2D eigenvalue weighted by molar-refractivity contribution is -0.159. The van der Waals surface area contributed by atoms with Crippen molar-refractivity contribution in [3.63, 3.8) is 0 Å². The minimum Gasteiger partial charge on any atom is -0.481 e. The quantitative estimate of drug-likeness (QED) is 0.617. The number of rotatable bonds is 4. The Bertz CT molecular complexity index is 451. The molecular formula is C11H10O6. The molecule has 0 saturated heterocycles. The molecule has 0 radical (unpaired) electrons. The number of para-hydroxylation sites is 1. The van der Waals surface area contributed by atoms with Crippen LogP contribution in [-0.4, -0.2) is 29.6 Å². The largest absolute Gasteiger partial charge is 0.481 e. The monoisotopic (exact) mass is 238 g/mol. The molecule has 0 bridgehead atoms. The van der Waals surface area contributed by atoms with Gasteiger partial charge in [-0.1, -0.05) is 12.1 Å². The van der Waals surface area contributed by atoms with Crippen LogP contribution in [0.4, 0.5) is 0 Å². The second kappa shape index (κ2) is 5.64. The number of aromatic carboxylic acids is 1. The normalized spacial score (nSPS) is 9.47. The Morgan fingerprint density at radius 3 is 2.47 bits per heavy atom. The number of carbonyl (C=O) groups excluding carboxylic acids is 2. The Labute approximate surface area is 96.8 Å². The molecule has 0 aliphatic heterocycles. The zero-order valence-corrected chi connectivity index (χ0v) is 9.00. The second-order valence-electron chi connectivity index (χ2n) is 3.06. The van der Waals surface area contributed by atoms with Crippen LogP contribution in [0, 0.1) is 0 Å². The number of ether oxygens (including phenoxy) is 2. The second-order valence-corrected chi connectivity index (χ2v) is 3.06. The predicted octanol–water partition coefficient (Wildman–Crippen LogP) is 0.853. The molecule has 0 aliphatic rings.